The average molecular weight is 254 g/mol. The van der Waals surface area contributed by atoms with Crippen LogP contribution in [0.2, 0.25) is 5.02 Å². The number of nitrogens with one attached hydrogen (secondary N) is 1. The molecule has 2 rings (SSSR count). The van der Waals surface area contributed by atoms with Crippen molar-refractivity contribution >= 4 is 17.6 Å². The van der Waals surface area contributed by atoms with Gasteiger partial charge in [0.15, 0.2) is 0 Å². The second kappa shape index (κ2) is 6.03. The van der Waals surface area contributed by atoms with Crippen molar-refractivity contribution in [3.8, 4) is 0 Å². The van der Waals surface area contributed by atoms with Crippen LogP contribution in [-0.2, 0) is 16.1 Å². The normalized spacial score (nSPS) is 19.9. The Hall–Kier alpha value is -1.06. The number of hydrogen-bond acceptors (Lipinski definition) is 3. The molecule has 1 aliphatic rings. The van der Waals surface area contributed by atoms with Crippen LogP contribution in [0.1, 0.15) is 18.4 Å². The van der Waals surface area contributed by atoms with Crippen molar-refractivity contribution in [1.82, 2.24) is 5.32 Å². The molecule has 1 aromatic rings. The summed E-state index contributed by atoms with van der Waals surface area (Å²) in [5, 5.41) is 3.87. The Morgan fingerprint density at radius 1 is 1.53 bits per heavy atom. The summed E-state index contributed by atoms with van der Waals surface area (Å²) in [6.45, 7) is 2.03. The van der Waals surface area contributed by atoms with E-state index >= 15 is 0 Å². The molecule has 0 spiro atoms. The number of rotatable bonds is 3. The molecule has 0 aromatic heterocycles. The van der Waals surface area contributed by atoms with Crippen LogP contribution in [0.3, 0.4) is 0 Å². The number of carbonyl (C=O) groups is 1. The SMILES string of the molecule is O=C(OCc1cccc(Cl)c1)C1CCCNC1. The Morgan fingerprint density at radius 3 is 3.12 bits per heavy atom. The molecule has 0 radical (unpaired) electrons. The molecule has 0 amide bonds. The van der Waals surface area contributed by atoms with E-state index in [4.69, 9.17) is 16.3 Å². The van der Waals surface area contributed by atoms with Gasteiger partial charge in [0.05, 0.1) is 5.92 Å². The molecule has 4 heteroatoms. The van der Waals surface area contributed by atoms with Gasteiger partial charge in [-0.2, -0.15) is 0 Å². The van der Waals surface area contributed by atoms with E-state index in [-0.39, 0.29) is 11.9 Å². The van der Waals surface area contributed by atoms with Gasteiger partial charge in [-0.05, 0) is 37.1 Å². The van der Waals surface area contributed by atoms with Crippen LogP contribution in [0.15, 0.2) is 24.3 Å². The summed E-state index contributed by atoms with van der Waals surface area (Å²) in [6.07, 6.45) is 1.96. The predicted octanol–water partition coefficient (Wildman–Crippen LogP) is 2.38. The summed E-state index contributed by atoms with van der Waals surface area (Å²) in [4.78, 5) is 11.8. The van der Waals surface area contributed by atoms with E-state index in [0.717, 1.165) is 31.5 Å². The van der Waals surface area contributed by atoms with Crippen LogP contribution >= 0.6 is 11.6 Å². The van der Waals surface area contributed by atoms with E-state index < -0.39 is 0 Å². The highest BCUT2D eigenvalue weighted by Crippen LogP contribution is 2.15. The highest BCUT2D eigenvalue weighted by atomic mass is 35.5. The monoisotopic (exact) mass is 253 g/mol. The lowest BCUT2D eigenvalue weighted by Crippen LogP contribution is -2.35. The molecule has 1 heterocycles. The minimum atomic E-state index is -0.114. The van der Waals surface area contributed by atoms with Crippen molar-refractivity contribution in [2.24, 2.45) is 5.92 Å². The van der Waals surface area contributed by atoms with Gasteiger partial charge in [-0.25, -0.2) is 0 Å². The van der Waals surface area contributed by atoms with Gasteiger partial charge >= 0.3 is 5.97 Å². The van der Waals surface area contributed by atoms with Gasteiger partial charge in [-0.3, -0.25) is 4.79 Å². The van der Waals surface area contributed by atoms with E-state index in [1.165, 1.54) is 0 Å². The van der Waals surface area contributed by atoms with E-state index in [1.54, 1.807) is 6.07 Å². The molecule has 17 heavy (non-hydrogen) atoms. The third kappa shape index (κ3) is 3.72. The summed E-state index contributed by atoms with van der Waals surface area (Å²) in [5.41, 5.74) is 0.926. The van der Waals surface area contributed by atoms with Gasteiger partial charge in [0.2, 0.25) is 0 Å². The maximum atomic E-state index is 11.8. The second-order valence-electron chi connectivity index (χ2n) is 4.28. The van der Waals surface area contributed by atoms with Crippen molar-refractivity contribution < 1.29 is 9.53 Å². The molecule has 3 nitrogen and oxygen atoms in total. The van der Waals surface area contributed by atoms with Crippen molar-refractivity contribution in [2.75, 3.05) is 13.1 Å². The highest BCUT2D eigenvalue weighted by molar-refractivity contribution is 6.30. The second-order valence-corrected chi connectivity index (χ2v) is 4.72. The molecule has 1 fully saturated rings. The highest BCUT2D eigenvalue weighted by Gasteiger charge is 2.22. The molecular weight excluding hydrogens is 238 g/mol. The van der Waals surface area contributed by atoms with Crippen molar-refractivity contribution in [3.05, 3.63) is 34.9 Å². The summed E-state index contributed by atoms with van der Waals surface area (Å²) < 4.78 is 5.28. The molecule has 0 bridgehead atoms. The van der Waals surface area contributed by atoms with Gasteiger partial charge in [0, 0.05) is 11.6 Å². The lowest BCUT2D eigenvalue weighted by molar-refractivity contribution is -0.150. The molecule has 1 atom stereocenters. The smallest absolute Gasteiger partial charge is 0.310 e. The van der Waals surface area contributed by atoms with Crippen LogP contribution in [0.4, 0.5) is 0 Å². The molecule has 1 saturated heterocycles. The first-order valence-electron chi connectivity index (χ1n) is 5.87. The van der Waals surface area contributed by atoms with Gasteiger partial charge in [0.25, 0.3) is 0 Å². The quantitative estimate of drug-likeness (QED) is 0.841. The number of ether oxygens (including phenoxy) is 1. The molecule has 1 aliphatic heterocycles. The van der Waals surface area contributed by atoms with Gasteiger partial charge < -0.3 is 10.1 Å². The Balaban J connectivity index is 1.83. The van der Waals surface area contributed by atoms with E-state index in [1.807, 2.05) is 18.2 Å². The maximum Gasteiger partial charge on any atom is 0.310 e. The van der Waals surface area contributed by atoms with Crippen molar-refractivity contribution in [2.45, 2.75) is 19.4 Å². The zero-order chi connectivity index (χ0) is 12.1. The molecule has 92 valence electrons. The minimum absolute atomic E-state index is 0.00272. The predicted molar refractivity (Wildman–Crippen MR) is 66.8 cm³/mol. The van der Waals surface area contributed by atoms with Crippen LogP contribution in [0, 0.1) is 5.92 Å². The summed E-state index contributed by atoms with van der Waals surface area (Å²) in [5.74, 6) is -0.111. The fourth-order valence-corrected chi connectivity index (χ4v) is 2.16. The third-order valence-corrected chi connectivity index (χ3v) is 3.14. The number of esters is 1. The number of halogens is 1. The van der Waals surface area contributed by atoms with Crippen LogP contribution in [0.25, 0.3) is 0 Å². The Kier molecular flexibility index (Phi) is 4.40. The zero-order valence-electron chi connectivity index (χ0n) is 9.62. The minimum Gasteiger partial charge on any atom is -0.461 e. The lowest BCUT2D eigenvalue weighted by atomic mass is 10.0. The fraction of sp³-hybridized carbons (Fsp3) is 0.462. The van der Waals surface area contributed by atoms with Crippen LogP contribution in [0.5, 0.6) is 0 Å². The first kappa shape index (κ1) is 12.4. The van der Waals surface area contributed by atoms with Gasteiger partial charge in [0.1, 0.15) is 6.61 Å². The lowest BCUT2D eigenvalue weighted by Gasteiger charge is -2.21. The fourth-order valence-electron chi connectivity index (χ4n) is 1.95. The van der Waals surface area contributed by atoms with Crippen LogP contribution < -0.4 is 5.32 Å². The number of carbonyl (C=O) groups excluding carboxylic acids is 1. The van der Waals surface area contributed by atoms with Crippen LogP contribution in [-0.4, -0.2) is 19.1 Å². The first-order chi connectivity index (χ1) is 8.25. The van der Waals surface area contributed by atoms with E-state index in [0.29, 0.717) is 11.6 Å². The van der Waals surface area contributed by atoms with E-state index in [9.17, 15) is 4.79 Å². The molecule has 0 aliphatic carbocycles. The summed E-state index contributed by atoms with van der Waals surface area (Å²) in [6, 6.07) is 7.37. The Bertz CT molecular complexity index is 389. The van der Waals surface area contributed by atoms with Crippen molar-refractivity contribution in [3.63, 3.8) is 0 Å². The third-order valence-electron chi connectivity index (χ3n) is 2.90. The van der Waals surface area contributed by atoms with Crippen molar-refractivity contribution in [1.29, 1.82) is 0 Å². The molecule has 0 saturated carbocycles. The van der Waals surface area contributed by atoms with Gasteiger partial charge in [-0.15, -0.1) is 0 Å². The molecule has 1 N–H and O–H groups in total. The van der Waals surface area contributed by atoms with Gasteiger partial charge in [-0.1, -0.05) is 23.7 Å². The largest absolute Gasteiger partial charge is 0.461 e. The average Bonchev–Trinajstić information content (AvgIpc) is 2.37. The molecular formula is C13H16ClNO2. The Labute approximate surface area is 106 Å². The summed E-state index contributed by atoms with van der Waals surface area (Å²) in [7, 11) is 0. The van der Waals surface area contributed by atoms with E-state index in [2.05, 4.69) is 5.32 Å². The number of hydrogen-bond donors (Lipinski definition) is 1. The topological polar surface area (TPSA) is 38.3 Å². The first-order valence-corrected chi connectivity index (χ1v) is 6.25. The maximum absolute atomic E-state index is 11.8. The number of benzene rings is 1. The molecule has 1 unspecified atom stereocenters. The standard InChI is InChI=1S/C13H16ClNO2/c14-12-5-1-3-10(7-12)9-17-13(16)11-4-2-6-15-8-11/h1,3,5,7,11,15H,2,4,6,8-9H2. The molecule has 1 aromatic carbocycles. The zero-order valence-corrected chi connectivity index (χ0v) is 10.4. The Morgan fingerprint density at radius 2 is 2.41 bits per heavy atom. The summed E-state index contributed by atoms with van der Waals surface area (Å²) >= 11 is 5.86. The number of piperidine rings is 1.